The van der Waals surface area contributed by atoms with Crippen LogP contribution >= 0.6 is 0 Å². The molecule has 0 aliphatic rings. The zero-order valence-electron chi connectivity index (χ0n) is 11.3. The molecule has 110 valence electrons. The first-order chi connectivity index (χ1) is 10.7. The van der Waals surface area contributed by atoms with Gasteiger partial charge in [0, 0.05) is 18.6 Å². The molecule has 3 heterocycles. The minimum Gasteiger partial charge on any atom is -0.346 e. The van der Waals surface area contributed by atoms with Gasteiger partial charge in [-0.25, -0.2) is 9.07 Å². The number of rotatable bonds is 4. The molecule has 0 aliphatic heterocycles. The van der Waals surface area contributed by atoms with Gasteiger partial charge in [0.1, 0.15) is 11.5 Å². The Kier molecular flexibility index (Phi) is 3.82. The molecule has 1 N–H and O–H groups in total. The van der Waals surface area contributed by atoms with E-state index in [9.17, 15) is 9.18 Å². The molecule has 0 atom stereocenters. The van der Waals surface area contributed by atoms with Crippen LogP contribution in [0.25, 0.3) is 5.69 Å². The Labute approximate surface area is 124 Å². The highest BCUT2D eigenvalue weighted by atomic mass is 19.1. The van der Waals surface area contributed by atoms with Crippen molar-refractivity contribution in [1.82, 2.24) is 30.3 Å². The third kappa shape index (κ3) is 3.11. The number of amides is 1. The molecule has 0 fully saturated rings. The van der Waals surface area contributed by atoms with E-state index in [1.54, 1.807) is 35.4 Å². The van der Waals surface area contributed by atoms with Crippen LogP contribution in [0.1, 0.15) is 16.1 Å². The molecule has 22 heavy (non-hydrogen) atoms. The number of carbonyl (C=O) groups is 1. The highest BCUT2D eigenvalue weighted by molar-refractivity contribution is 5.93. The van der Waals surface area contributed by atoms with Gasteiger partial charge in [-0.05, 0) is 18.2 Å². The lowest BCUT2D eigenvalue weighted by atomic mass is 10.2. The standard InChI is InChI=1S/C14H11FN6O/c15-11-5-10(6-17-7-11)14(22)18-8-12-9-21(20-19-12)13-1-3-16-4-2-13/h1-7,9H,8H2,(H,18,22). The zero-order chi connectivity index (χ0) is 15.4. The summed E-state index contributed by atoms with van der Waals surface area (Å²) >= 11 is 0. The van der Waals surface area contributed by atoms with Gasteiger partial charge >= 0.3 is 0 Å². The molecule has 8 heteroatoms. The summed E-state index contributed by atoms with van der Waals surface area (Å²) in [5.41, 5.74) is 1.55. The molecule has 7 nitrogen and oxygen atoms in total. The summed E-state index contributed by atoms with van der Waals surface area (Å²) in [5, 5.41) is 10.6. The highest BCUT2D eigenvalue weighted by Crippen LogP contribution is 2.05. The van der Waals surface area contributed by atoms with Crippen molar-refractivity contribution >= 4 is 5.91 Å². The summed E-state index contributed by atoms with van der Waals surface area (Å²) in [6.07, 6.45) is 7.33. The maximum absolute atomic E-state index is 13.0. The van der Waals surface area contributed by atoms with E-state index in [0.717, 1.165) is 18.0 Å². The third-order valence-corrected chi connectivity index (χ3v) is 2.87. The van der Waals surface area contributed by atoms with Gasteiger partial charge in [0.15, 0.2) is 0 Å². The van der Waals surface area contributed by atoms with Crippen LogP contribution in [0.2, 0.25) is 0 Å². The molecule has 0 aromatic carbocycles. The molecule has 0 spiro atoms. The summed E-state index contributed by atoms with van der Waals surface area (Å²) in [4.78, 5) is 19.4. The minimum absolute atomic E-state index is 0.154. The Morgan fingerprint density at radius 1 is 1.23 bits per heavy atom. The van der Waals surface area contributed by atoms with Gasteiger partial charge in [0.2, 0.25) is 0 Å². The highest BCUT2D eigenvalue weighted by Gasteiger charge is 2.08. The van der Waals surface area contributed by atoms with Crippen LogP contribution < -0.4 is 5.32 Å². The summed E-state index contributed by atoms with van der Waals surface area (Å²) < 4.78 is 14.6. The fourth-order valence-corrected chi connectivity index (χ4v) is 1.81. The van der Waals surface area contributed by atoms with Crippen LogP contribution in [0.4, 0.5) is 4.39 Å². The predicted octanol–water partition coefficient (Wildman–Crippen LogP) is 1.13. The van der Waals surface area contributed by atoms with E-state index in [1.165, 1.54) is 6.20 Å². The Balaban J connectivity index is 1.65. The van der Waals surface area contributed by atoms with Gasteiger partial charge in [0.25, 0.3) is 5.91 Å². The Morgan fingerprint density at radius 2 is 2.05 bits per heavy atom. The van der Waals surface area contributed by atoms with Gasteiger partial charge in [-0.1, -0.05) is 5.21 Å². The average molecular weight is 298 g/mol. The van der Waals surface area contributed by atoms with Gasteiger partial charge < -0.3 is 5.32 Å². The van der Waals surface area contributed by atoms with E-state index in [2.05, 4.69) is 25.6 Å². The molecule has 0 radical (unpaired) electrons. The van der Waals surface area contributed by atoms with Gasteiger partial charge in [-0.3, -0.25) is 14.8 Å². The first kappa shape index (κ1) is 13.8. The third-order valence-electron chi connectivity index (χ3n) is 2.87. The molecule has 0 unspecified atom stereocenters. The topological polar surface area (TPSA) is 85.6 Å². The molecule has 3 aromatic heterocycles. The van der Waals surface area contributed by atoms with E-state index in [0.29, 0.717) is 5.69 Å². The number of carbonyl (C=O) groups excluding carboxylic acids is 1. The molecular weight excluding hydrogens is 287 g/mol. The van der Waals surface area contributed by atoms with Crippen LogP contribution in [0.5, 0.6) is 0 Å². The second kappa shape index (κ2) is 6.08. The predicted molar refractivity (Wildman–Crippen MR) is 74.5 cm³/mol. The number of pyridine rings is 2. The summed E-state index contributed by atoms with van der Waals surface area (Å²) in [6, 6.07) is 4.70. The fraction of sp³-hybridized carbons (Fsp3) is 0.0714. The average Bonchev–Trinajstić information content (AvgIpc) is 3.02. The van der Waals surface area contributed by atoms with Crippen molar-refractivity contribution in [3.8, 4) is 5.69 Å². The van der Waals surface area contributed by atoms with E-state index < -0.39 is 11.7 Å². The number of hydrogen-bond acceptors (Lipinski definition) is 5. The molecule has 3 aromatic rings. The van der Waals surface area contributed by atoms with E-state index >= 15 is 0 Å². The monoisotopic (exact) mass is 298 g/mol. The maximum Gasteiger partial charge on any atom is 0.253 e. The molecule has 0 saturated heterocycles. The van der Waals surface area contributed by atoms with Crippen molar-refractivity contribution in [2.45, 2.75) is 6.54 Å². The van der Waals surface area contributed by atoms with E-state index in [4.69, 9.17) is 0 Å². The zero-order valence-corrected chi connectivity index (χ0v) is 11.3. The van der Waals surface area contributed by atoms with Gasteiger partial charge in [-0.2, -0.15) is 0 Å². The van der Waals surface area contributed by atoms with Crippen molar-refractivity contribution in [3.05, 3.63) is 66.3 Å². The van der Waals surface area contributed by atoms with Gasteiger partial charge in [0.05, 0.1) is 30.2 Å². The van der Waals surface area contributed by atoms with Crippen LogP contribution in [-0.4, -0.2) is 30.9 Å². The van der Waals surface area contributed by atoms with Crippen molar-refractivity contribution in [2.75, 3.05) is 0 Å². The second-order valence-corrected chi connectivity index (χ2v) is 4.43. The first-order valence-electron chi connectivity index (χ1n) is 6.43. The van der Waals surface area contributed by atoms with E-state index in [-0.39, 0.29) is 12.1 Å². The largest absolute Gasteiger partial charge is 0.346 e. The lowest BCUT2D eigenvalue weighted by Gasteiger charge is -2.02. The summed E-state index contributed by atoms with van der Waals surface area (Å²) in [6.45, 7) is 0.181. The molecule has 0 saturated carbocycles. The smallest absolute Gasteiger partial charge is 0.253 e. The molecule has 1 amide bonds. The Hall–Kier alpha value is -3.16. The van der Waals surface area contributed by atoms with E-state index in [1.807, 2.05) is 0 Å². The summed E-state index contributed by atoms with van der Waals surface area (Å²) in [7, 11) is 0. The lowest BCUT2D eigenvalue weighted by molar-refractivity contribution is 0.0949. The molecule has 3 rings (SSSR count). The number of nitrogens with one attached hydrogen (secondary N) is 1. The molecule has 0 aliphatic carbocycles. The number of nitrogens with zero attached hydrogens (tertiary/aromatic N) is 5. The van der Waals surface area contributed by atoms with Crippen molar-refractivity contribution in [2.24, 2.45) is 0 Å². The number of halogens is 1. The van der Waals surface area contributed by atoms with Crippen LogP contribution in [0.3, 0.4) is 0 Å². The Bertz CT molecular complexity index is 789. The van der Waals surface area contributed by atoms with Gasteiger partial charge in [-0.15, -0.1) is 5.10 Å². The Morgan fingerprint density at radius 3 is 2.82 bits per heavy atom. The normalized spacial score (nSPS) is 10.4. The fourth-order valence-electron chi connectivity index (χ4n) is 1.81. The lowest BCUT2D eigenvalue weighted by Crippen LogP contribution is -2.23. The number of hydrogen-bond donors (Lipinski definition) is 1. The first-order valence-corrected chi connectivity index (χ1v) is 6.43. The summed E-state index contributed by atoms with van der Waals surface area (Å²) in [5.74, 6) is -0.984. The van der Waals surface area contributed by atoms with Crippen LogP contribution in [0, 0.1) is 5.82 Å². The van der Waals surface area contributed by atoms with Crippen LogP contribution in [-0.2, 0) is 6.54 Å². The van der Waals surface area contributed by atoms with Crippen molar-refractivity contribution < 1.29 is 9.18 Å². The van der Waals surface area contributed by atoms with Crippen molar-refractivity contribution in [3.63, 3.8) is 0 Å². The second-order valence-electron chi connectivity index (χ2n) is 4.43. The maximum atomic E-state index is 13.0. The van der Waals surface area contributed by atoms with Crippen molar-refractivity contribution in [1.29, 1.82) is 0 Å². The number of aromatic nitrogens is 5. The minimum atomic E-state index is -0.559. The van der Waals surface area contributed by atoms with Crippen LogP contribution in [0.15, 0.2) is 49.2 Å². The quantitative estimate of drug-likeness (QED) is 0.780. The molecular formula is C14H11FN6O. The molecule has 0 bridgehead atoms. The SMILES string of the molecule is O=C(NCc1cn(-c2ccncc2)nn1)c1cncc(F)c1.